The van der Waals surface area contributed by atoms with E-state index in [2.05, 4.69) is 28.5 Å². The van der Waals surface area contributed by atoms with E-state index in [0.717, 1.165) is 36.4 Å². The van der Waals surface area contributed by atoms with Crippen molar-refractivity contribution in [3.8, 4) is 11.4 Å². The molecule has 4 aromatic rings. The fourth-order valence-electron chi connectivity index (χ4n) is 4.44. The number of rotatable bonds is 11. The molecule has 39 heavy (non-hydrogen) atoms. The van der Waals surface area contributed by atoms with Crippen molar-refractivity contribution in [3.63, 3.8) is 0 Å². The number of thioether (sulfide) groups is 1. The summed E-state index contributed by atoms with van der Waals surface area (Å²) in [5.74, 6) is 1.38. The van der Waals surface area contributed by atoms with Crippen molar-refractivity contribution >= 4 is 29.3 Å². The summed E-state index contributed by atoms with van der Waals surface area (Å²) in [6.07, 6.45) is 2.92. The smallest absolute Gasteiger partial charge is 0.251 e. The summed E-state index contributed by atoms with van der Waals surface area (Å²) < 4.78 is 7.57. The minimum absolute atomic E-state index is 0.0320. The Kier molecular flexibility index (Phi) is 8.58. The van der Waals surface area contributed by atoms with E-state index in [1.807, 2.05) is 70.1 Å². The molecule has 0 saturated carbocycles. The van der Waals surface area contributed by atoms with Gasteiger partial charge in [-0.1, -0.05) is 61.5 Å². The first kappa shape index (κ1) is 26.5. The van der Waals surface area contributed by atoms with E-state index in [-0.39, 0.29) is 24.1 Å². The van der Waals surface area contributed by atoms with Gasteiger partial charge in [-0.2, -0.15) is 0 Å². The van der Waals surface area contributed by atoms with Crippen LogP contribution in [0.4, 0.5) is 5.69 Å². The molecule has 8 nitrogen and oxygen atoms in total. The Morgan fingerprint density at radius 1 is 0.974 bits per heavy atom. The van der Waals surface area contributed by atoms with Crippen LogP contribution in [0.15, 0.2) is 84.0 Å². The summed E-state index contributed by atoms with van der Waals surface area (Å²) in [7, 11) is 0. The van der Waals surface area contributed by atoms with Crippen molar-refractivity contribution in [2.75, 3.05) is 23.8 Å². The van der Waals surface area contributed by atoms with Crippen LogP contribution in [0.1, 0.15) is 41.5 Å². The zero-order valence-electron chi connectivity index (χ0n) is 21.9. The predicted octanol–water partition coefficient (Wildman–Crippen LogP) is 5.06. The maximum atomic E-state index is 13.1. The van der Waals surface area contributed by atoms with Crippen LogP contribution in [0.2, 0.25) is 0 Å². The summed E-state index contributed by atoms with van der Waals surface area (Å²) >= 11 is 1.34. The van der Waals surface area contributed by atoms with Gasteiger partial charge < -0.3 is 15.0 Å². The Hall–Kier alpha value is -4.11. The number of hydrogen-bond donors (Lipinski definition) is 1. The lowest BCUT2D eigenvalue weighted by Crippen LogP contribution is -2.30. The number of carbonyl (C=O) groups excluding carboxylic acids is 2. The van der Waals surface area contributed by atoms with Gasteiger partial charge in [-0.25, -0.2) is 0 Å². The first-order valence-electron chi connectivity index (χ1n) is 13.2. The summed E-state index contributed by atoms with van der Waals surface area (Å²) in [6.45, 7) is 3.65. The van der Waals surface area contributed by atoms with Crippen LogP contribution in [0.3, 0.4) is 0 Å². The Labute approximate surface area is 232 Å². The minimum atomic E-state index is -0.213. The Morgan fingerprint density at radius 3 is 2.54 bits per heavy atom. The lowest BCUT2D eigenvalue weighted by molar-refractivity contribution is -0.116. The van der Waals surface area contributed by atoms with Gasteiger partial charge in [-0.3, -0.25) is 14.2 Å². The van der Waals surface area contributed by atoms with Gasteiger partial charge >= 0.3 is 0 Å². The summed E-state index contributed by atoms with van der Waals surface area (Å²) in [4.78, 5) is 27.8. The number of unbranched alkanes of at least 4 members (excludes halogenated alkanes) is 1. The summed E-state index contributed by atoms with van der Waals surface area (Å²) in [5.41, 5.74) is 3.58. The second-order valence-corrected chi connectivity index (χ2v) is 10.1. The number of anilines is 1. The molecule has 0 fully saturated rings. The van der Waals surface area contributed by atoms with Crippen molar-refractivity contribution in [1.82, 2.24) is 20.1 Å². The Morgan fingerprint density at radius 2 is 1.74 bits per heavy atom. The maximum Gasteiger partial charge on any atom is 0.251 e. The third-order valence-corrected chi connectivity index (χ3v) is 7.43. The Bertz CT molecular complexity index is 1420. The topological polar surface area (TPSA) is 89.3 Å². The molecular formula is C30H31N5O3S. The second kappa shape index (κ2) is 12.6. The summed E-state index contributed by atoms with van der Waals surface area (Å²) in [6, 6.07) is 24.8. The number of benzene rings is 3. The highest BCUT2D eigenvalue weighted by Crippen LogP contribution is 2.29. The monoisotopic (exact) mass is 541 g/mol. The third-order valence-electron chi connectivity index (χ3n) is 6.52. The van der Waals surface area contributed by atoms with Crippen molar-refractivity contribution in [1.29, 1.82) is 0 Å². The van der Waals surface area contributed by atoms with Crippen molar-refractivity contribution in [2.45, 2.75) is 37.9 Å². The van der Waals surface area contributed by atoms with E-state index in [4.69, 9.17) is 4.74 Å². The van der Waals surface area contributed by atoms with Crippen LogP contribution in [0.5, 0.6) is 5.75 Å². The number of carbonyl (C=O) groups is 2. The van der Waals surface area contributed by atoms with Gasteiger partial charge in [0.2, 0.25) is 5.91 Å². The minimum Gasteiger partial charge on any atom is -0.494 e. The molecule has 200 valence electrons. The average Bonchev–Trinajstić information content (AvgIpc) is 3.60. The van der Waals surface area contributed by atoms with Crippen molar-refractivity contribution in [3.05, 3.63) is 95.8 Å². The lowest BCUT2D eigenvalue weighted by Gasteiger charge is -2.17. The van der Waals surface area contributed by atoms with Crippen molar-refractivity contribution in [2.24, 2.45) is 0 Å². The molecule has 0 spiro atoms. The second-order valence-electron chi connectivity index (χ2n) is 9.19. The van der Waals surface area contributed by atoms with Gasteiger partial charge in [0.25, 0.3) is 5.91 Å². The van der Waals surface area contributed by atoms with Crippen molar-refractivity contribution < 1.29 is 14.3 Å². The average molecular weight is 542 g/mol. The van der Waals surface area contributed by atoms with E-state index < -0.39 is 0 Å². The SMILES string of the molecule is CCCCOc1ccc(C(=O)NCc2nnc(SCC(=O)N3CCc4ccccc43)n2-c2ccccc2)cc1. The van der Waals surface area contributed by atoms with Crippen LogP contribution in [0.25, 0.3) is 5.69 Å². The molecule has 0 aliphatic carbocycles. The molecule has 0 atom stereocenters. The fraction of sp³-hybridized carbons (Fsp3) is 0.267. The number of amides is 2. The highest BCUT2D eigenvalue weighted by molar-refractivity contribution is 7.99. The van der Waals surface area contributed by atoms with Gasteiger partial charge in [0, 0.05) is 23.5 Å². The van der Waals surface area contributed by atoms with Gasteiger partial charge in [-0.05, 0) is 60.9 Å². The van der Waals surface area contributed by atoms with E-state index in [1.54, 1.807) is 12.1 Å². The van der Waals surface area contributed by atoms with Gasteiger partial charge in [0.1, 0.15) is 5.75 Å². The normalized spacial score (nSPS) is 12.3. The number of nitrogens with zero attached hydrogens (tertiary/aromatic N) is 4. The molecule has 0 unspecified atom stereocenters. The molecule has 5 rings (SSSR count). The molecule has 0 saturated heterocycles. The van der Waals surface area contributed by atoms with Crippen LogP contribution in [-0.4, -0.2) is 45.5 Å². The number of hydrogen-bond acceptors (Lipinski definition) is 6. The first-order chi connectivity index (χ1) is 19.1. The maximum absolute atomic E-state index is 13.1. The largest absolute Gasteiger partial charge is 0.494 e. The van der Waals surface area contributed by atoms with E-state index in [1.165, 1.54) is 17.3 Å². The number of ether oxygens (including phenoxy) is 1. The molecule has 9 heteroatoms. The highest BCUT2D eigenvalue weighted by Gasteiger charge is 2.25. The number of nitrogens with one attached hydrogen (secondary N) is 1. The zero-order valence-corrected chi connectivity index (χ0v) is 22.7. The molecule has 0 bridgehead atoms. The molecule has 1 aliphatic rings. The fourth-order valence-corrected chi connectivity index (χ4v) is 5.29. The predicted molar refractivity (Wildman–Crippen MR) is 153 cm³/mol. The molecule has 3 aromatic carbocycles. The molecule has 2 heterocycles. The van der Waals surface area contributed by atoms with E-state index >= 15 is 0 Å². The van der Waals surface area contributed by atoms with E-state index in [9.17, 15) is 9.59 Å². The highest BCUT2D eigenvalue weighted by atomic mass is 32.2. The van der Waals surface area contributed by atoms with Crippen LogP contribution in [0, 0.1) is 0 Å². The summed E-state index contributed by atoms with van der Waals surface area (Å²) in [5, 5.41) is 12.3. The quantitative estimate of drug-likeness (QED) is 0.211. The third kappa shape index (κ3) is 6.31. The Balaban J connectivity index is 1.26. The zero-order chi connectivity index (χ0) is 27.0. The van der Waals surface area contributed by atoms with Gasteiger partial charge in [0.05, 0.1) is 18.9 Å². The molecular weight excluding hydrogens is 510 g/mol. The molecule has 1 aromatic heterocycles. The van der Waals surface area contributed by atoms with Crippen LogP contribution in [-0.2, 0) is 17.8 Å². The number of aromatic nitrogens is 3. The molecule has 2 amide bonds. The van der Waals surface area contributed by atoms with Gasteiger partial charge in [-0.15, -0.1) is 10.2 Å². The molecule has 1 N–H and O–H groups in total. The molecule has 1 aliphatic heterocycles. The van der Waals surface area contributed by atoms with Crippen LogP contribution >= 0.6 is 11.8 Å². The number of fused-ring (bicyclic) bond motifs is 1. The standard InChI is InChI=1S/C30H31N5O3S/c1-2-3-19-38-25-15-13-23(14-16-25)29(37)31-20-27-32-33-30(35(27)24-10-5-4-6-11-24)39-21-28(36)34-18-17-22-9-7-8-12-26(22)34/h4-16H,2-3,17-21H2,1H3,(H,31,37). The van der Waals surface area contributed by atoms with Gasteiger partial charge in [0.15, 0.2) is 11.0 Å². The van der Waals surface area contributed by atoms with E-state index in [0.29, 0.717) is 29.7 Å². The number of para-hydroxylation sites is 2. The molecule has 0 radical (unpaired) electrons. The lowest BCUT2D eigenvalue weighted by atomic mass is 10.2. The first-order valence-corrected chi connectivity index (χ1v) is 14.1. The van der Waals surface area contributed by atoms with Crippen LogP contribution < -0.4 is 15.0 Å².